The highest BCUT2D eigenvalue weighted by Crippen LogP contribution is 2.23. The molecule has 0 aliphatic heterocycles. The monoisotopic (exact) mass is 256 g/mol. The lowest BCUT2D eigenvalue weighted by Gasteiger charge is -2.09. The third kappa shape index (κ3) is 3.04. The Hall–Kier alpha value is -1.49. The Morgan fingerprint density at radius 3 is 2.67 bits per heavy atom. The van der Waals surface area contributed by atoms with E-state index in [4.69, 9.17) is 0 Å². The van der Waals surface area contributed by atoms with Crippen LogP contribution in [0.4, 0.5) is 13.2 Å². The first-order chi connectivity index (χ1) is 8.49. The molecule has 0 unspecified atom stereocenters. The average Bonchev–Trinajstić information content (AvgIpc) is 2.67. The van der Waals surface area contributed by atoms with Gasteiger partial charge in [0.05, 0.1) is 0 Å². The van der Waals surface area contributed by atoms with Gasteiger partial charge in [-0.25, -0.2) is 0 Å². The first kappa shape index (κ1) is 13.0. The van der Waals surface area contributed by atoms with E-state index in [9.17, 15) is 13.2 Å². The maximum atomic E-state index is 12.4. The number of nitrogens with zero attached hydrogens (tertiary/aromatic N) is 1. The van der Waals surface area contributed by atoms with Gasteiger partial charge in [-0.3, -0.25) is 0 Å². The second-order valence-corrected chi connectivity index (χ2v) is 4.23. The van der Waals surface area contributed by atoms with Crippen molar-refractivity contribution in [2.24, 2.45) is 0 Å². The smallest absolute Gasteiger partial charge is 0.338 e. The van der Waals surface area contributed by atoms with Crippen LogP contribution >= 0.6 is 0 Å². The zero-order chi connectivity index (χ0) is 13.2. The highest BCUT2D eigenvalue weighted by Gasteiger charge is 2.28. The number of fused-ring (bicyclic) bond motifs is 1. The van der Waals surface area contributed by atoms with Gasteiger partial charge in [0, 0.05) is 18.3 Å². The maximum Gasteiger partial charge on any atom is 0.406 e. The Labute approximate surface area is 103 Å². The van der Waals surface area contributed by atoms with Crippen LogP contribution in [0.15, 0.2) is 30.5 Å². The predicted octanol–water partition coefficient (Wildman–Crippen LogP) is 3.31. The zero-order valence-electron chi connectivity index (χ0n) is 10.1. The fraction of sp³-hybridized carbons (Fsp3) is 0.385. The van der Waals surface area contributed by atoms with Gasteiger partial charge < -0.3 is 9.88 Å². The van der Waals surface area contributed by atoms with Crippen molar-refractivity contribution in [2.45, 2.75) is 26.2 Å². The van der Waals surface area contributed by atoms with Crippen molar-refractivity contribution in [1.29, 1.82) is 0 Å². The van der Waals surface area contributed by atoms with Crippen LogP contribution in [0.2, 0.25) is 0 Å². The molecule has 2 nitrogen and oxygen atoms in total. The van der Waals surface area contributed by atoms with Crippen LogP contribution in [0, 0.1) is 0 Å². The van der Waals surface area contributed by atoms with Gasteiger partial charge in [0.1, 0.15) is 6.54 Å². The van der Waals surface area contributed by atoms with Crippen molar-refractivity contribution in [2.75, 3.05) is 6.54 Å². The lowest BCUT2D eigenvalue weighted by atomic mass is 10.1. The standard InChI is InChI=1S/C13H15F3N2/c1-2-17-8-10-3-4-12-11(7-10)5-6-18(12)9-13(14,15)16/h3-7,17H,2,8-9H2,1H3. The summed E-state index contributed by atoms with van der Waals surface area (Å²) < 4.78 is 38.3. The summed E-state index contributed by atoms with van der Waals surface area (Å²) >= 11 is 0. The Bertz CT molecular complexity index is 529. The summed E-state index contributed by atoms with van der Waals surface area (Å²) in [5, 5.41) is 4.03. The molecule has 5 heteroatoms. The first-order valence-electron chi connectivity index (χ1n) is 5.85. The molecule has 0 saturated carbocycles. The van der Waals surface area contributed by atoms with E-state index in [0.717, 1.165) is 24.0 Å². The number of hydrogen-bond donors (Lipinski definition) is 1. The highest BCUT2D eigenvalue weighted by molar-refractivity contribution is 5.80. The third-order valence-electron chi connectivity index (χ3n) is 2.76. The molecule has 18 heavy (non-hydrogen) atoms. The highest BCUT2D eigenvalue weighted by atomic mass is 19.4. The van der Waals surface area contributed by atoms with E-state index in [2.05, 4.69) is 5.32 Å². The minimum absolute atomic E-state index is 0.618. The average molecular weight is 256 g/mol. The van der Waals surface area contributed by atoms with E-state index < -0.39 is 12.7 Å². The number of benzene rings is 1. The van der Waals surface area contributed by atoms with Crippen molar-refractivity contribution in [3.05, 3.63) is 36.0 Å². The topological polar surface area (TPSA) is 17.0 Å². The van der Waals surface area contributed by atoms with E-state index >= 15 is 0 Å². The second-order valence-electron chi connectivity index (χ2n) is 4.23. The molecule has 1 aromatic carbocycles. The summed E-state index contributed by atoms with van der Waals surface area (Å²) in [6, 6.07) is 7.24. The Kier molecular flexibility index (Phi) is 3.61. The second kappa shape index (κ2) is 5.02. The van der Waals surface area contributed by atoms with Gasteiger partial charge in [-0.1, -0.05) is 13.0 Å². The van der Waals surface area contributed by atoms with E-state index in [1.165, 1.54) is 10.8 Å². The van der Waals surface area contributed by atoms with Crippen LogP contribution in [0.5, 0.6) is 0 Å². The number of nitrogens with one attached hydrogen (secondary N) is 1. The Morgan fingerprint density at radius 2 is 2.00 bits per heavy atom. The van der Waals surface area contributed by atoms with Crippen molar-refractivity contribution >= 4 is 10.9 Å². The van der Waals surface area contributed by atoms with Crippen LogP contribution in [-0.4, -0.2) is 17.3 Å². The molecule has 0 aliphatic carbocycles. The van der Waals surface area contributed by atoms with Gasteiger partial charge in [0.15, 0.2) is 0 Å². The SMILES string of the molecule is CCNCc1ccc2c(ccn2CC(F)(F)F)c1. The van der Waals surface area contributed by atoms with Crippen molar-refractivity contribution in [3.8, 4) is 0 Å². The van der Waals surface area contributed by atoms with Crippen LogP contribution in [0.3, 0.4) is 0 Å². The fourth-order valence-electron chi connectivity index (χ4n) is 1.96. The zero-order valence-corrected chi connectivity index (χ0v) is 10.1. The molecular weight excluding hydrogens is 241 g/mol. The predicted molar refractivity (Wildman–Crippen MR) is 65.4 cm³/mol. The number of rotatable bonds is 4. The quantitative estimate of drug-likeness (QED) is 0.888. The molecule has 0 saturated heterocycles. The van der Waals surface area contributed by atoms with Crippen LogP contribution in [0.25, 0.3) is 10.9 Å². The van der Waals surface area contributed by atoms with E-state index in [1.807, 2.05) is 19.1 Å². The molecule has 0 aliphatic rings. The maximum absolute atomic E-state index is 12.4. The first-order valence-corrected chi connectivity index (χ1v) is 5.85. The van der Waals surface area contributed by atoms with Crippen molar-refractivity contribution in [1.82, 2.24) is 9.88 Å². The third-order valence-corrected chi connectivity index (χ3v) is 2.76. The van der Waals surface area contributed by atoms with Gasteiger partial charge in [0.2, 0.25) is 0 Å². The number of alkyl halides is 3. The Balaban J connectivity index is 2.26. The molecule has 1 N–H and O–H groups in total. The summed E-state index contributed by atoms with van der Waals surface area (Å²) in [4.78, 5) is 0. The minimum Gasteiger partial charge on any atom is -0.338 e. The summed E-state index contributed by atoms with van der Waals surface area (Å²) in [5.74, 6) is 0. The van der Waals surface area contributed by atoms with E-state index in [1.54, 1.807) is 12.1 Å². The molecular formula is C13H15F3N2. The molecule has 0 radical (unpaired) electrons. The molecule has 0 bridgehead atoms. The molecule has 0 amide bonds. The fourth-order valence-corrected chi connectivity index (χ4v) is 1.96. The molecule has 0 spiro atoms. The van der Waals surface area contributed by atoms with E-state index in [-0.39, 0.29) is 0 Å². The van der Waals surface area contributed by atoms with Crippen molar-refractivity contribution < 1.29 is 13.2 Å². The summed E-state index contributed by atoms with van der Waals surface area (Å²) in [7, 11) is 0. The van der Waals surface area contributed by atoms with Crippen molar-refractivity contribution in [3.63, 3.8) is 0 Å². The summed E-state index contributed by atoms with van der Waals surface area (Å²) in [5.41, 5.74) is 1.70. The summed E-state index contributed by atoms with van der Waals surface area (Å²) in [6.45, 7) is 2.67. The molecule has 98 valence electrons. The minimum atomic E-state index is -4.19. The van der Waals surface area contributed by atoms with Crippen LogP contribution in [0.1, 0.15) is 12.5 Å². The van der Waals surface area contributed by atoms with Gasteiger partial charge >= 0.3 is 6.18 Å². The number of hydrogen-bond acceptors (Lipinski definition) is 1. The molecule has 0 atom stereocenters. The lowest BCUT2D eigenvalue weighted by molar-refractivity contribution is -0.139. The molecule has 2 rings (SSSR count). The van der Waals surface area contributed by atoms with Crippen LogP contribution < -0.4 is 5.32 Å². The summed E-state index contributed by atoms with van der Waals surface area (Å²) in [6.07, 6.45) is -2.70. The molecule has 2 aromatic rings. The van der Waals surface area contributed by atoms with Gasteiger partial charge in [-0.05, 0) is 35.7 Å². The van der Waals surface area contributed by atoms with Gasteiger partial charge in [-0.2, -0.15) is 13.2 Å². The van der Waals surface area contributed by atoms with Gasteiger partial charge in [-0.15, -0.1) is 0 Å². The largest absolute Gasteiger partial charge is 0.406 e. The molecule has 1 aromatic heterocycles. The lowest BCUT2D eigenvalue weighted by Crippen LogP contribution is -2.16. The number of halogens is 3. The van der Waals surface area contributed by atoms with Gasteiger partial charge in [0.25, 0.3) is 0 Å². The van der Waals surface area contributed by atoms with E-state index in [0.29, 0.717) is 5.52 Å². The Morgan fingerprint density at radius 1 is 1.22 bits per heavy atom. The van der Waals surface area contributed by atoms with Crippen LogP contribution in [-0.2, 0) is 13.1 Å². The normalized spacial score (nSPS) is 12.2. The molecule has 1 heterocycles. The molecule has 0 fully saturated rings. The number of aromatic nitrogens is 1.